The van der Waals surface area contributed by atoms with Crippen molar-refractivity contribution in [3.63, 3.8) is 0 Å². The Morgan fingerprint density at radius 1 is 1.38 bits per heavy atom. The molecule has 0 N–H and O–H groups in total. The number of ether oxygens (including phenoxy) is 1. The predicted octanol–water partition coefficient (Wildman–Crippen LogP) is 0.736. The number of carbonyl (C=O) groups is 2. The van der Waals surface area contributed by atoms with Crippen molar-refractivity contribution in [2.24, 2.45) is 11.8 Å². The fourth-order valence-electron chi connectivity index (χ4n) is 2.04. The van der Waals surface area contributed by atoms with Crippen molar-refractivity contribution in [3.05, 3.63) is 12.2 Å². The Labute approximate surface area is 76.8 Å². The first-order valence-electron chi connectivity index (χ1n) is 4.62. The van der Waals surface area contributed by atoms with Crippen molar-refractivity contribution in [2.45, 2.75) is 19.4 Å². The zero-order valence-electron chi connectivity index (χ0n) is 7.53. The van der Waals surface area contributed by atoms with Crippen molar-refractivity contribution >= 4 is 11.6 Å². The third-order valence-corrected chi connectivity index (χ3v) is 2.70. The highest BCUT2D eigenvalue weighted by molar-refractivity contribution is 6.41. The molecule has 0 amide bonds. The Balaban J connectivity index is 2.21. The summed E-state index contributed by atoms with van der Waals surface area (Å²) in [7, 11) is 0. The Morgan fingerprint density at radius 3 is 2.77 bits per heavy atom. The van der Waals surface area contributed by atoms with E-state index in [1.54, 1.807) is 0 Å². The second-order valence-electron chi connectivity index (χ2n) is 3.48. The summed E-state index contributed by atoms with van der Waals surface area (Å²) in [5, 5.41) is 0. The highest BCUT2D eigenvalue weighted by Crippen LogP contribution is 2.33. The molecule has 0 spiro atoms. The van der Waals surface area contributed by atoms with Crippen LogP contribution in [0.25, 0.3) is 0 Å². The fraction of sp³-hybridized carbons (Fsp3) is 0.600. The molecule has 3 aliphatic carbocycles. The number of carbonyl (C=O) groups excluding carboxylic acids is 2. The van der Waals surface area contributed by atoms with Crippen LogP contribution >= 0.6 is 0 Å². The van der Waals surface area contributed by atoms with Gasteiger partial charge in [-0.15, -0.1) is 0 Å². The number of hydrogen-bond acceptors (Lipinski definition) is 3. The van der Waals surface area contributed by atoms with Crippen molar-refractivity contribution in [1.82, 2.24) is 0 Å². The monoisotopic (exact) mass is 180 g/mol. The lowest BCUT2D eigenvalue weighted by atomic mass is 9.72. The molecule has 3 rings (SSSR count). The van der Waals surface area contributed by atoms with Gasteiger partial charge in [-0.25, -0.2) is 0 Å². The van der Waals surface area contributed by atoms with Crippen LogP contribution in [-0.4, -0.2) is 24.3 Å². The van der Waals surface area contributed by atoms with Gasteiger partial charge < -0.3 is 4.74 Å². The zero-order valence-corrected chi connectivity index (χ0v) is 7.53. The number of fused-ring (bicyclic) bond motifs is 2. The summed E-state index contributed by atoms with van der Waals surface area (Å²) < 4.78 is 5.41. The molecule has 13 heavy (non-hydrogen) atoms. The van der Waals surface area contributed by atoms with Crippen LogP contribution in [0, 0.1) is 11.8 Å². The smallest absolute Gasteiger partial charge is 0.208 e. The summed E-state index contributed by atoms with van der Waals surface area (Å²) in [5.41, 5.74) is 0. The van der Waals surface area contributed by atoms with Crippen LogP contribution in [0.3, 0.4) is 0 Å². The average Bonchev–Trinajstić information content (AvgIpc) is 2.14. The maximum absolute atomic E-state index is 11.4. The Morgan fingerprint density at radius 2 is 2.15 bits per heavy atom. The van der Waals surface area contributed by atoms with Gasteiger partial charge >= 0.3 is 0 Å². The highest BCUT2D eigenvalue weighted by Gasteiger charge is 2.44. The molecule has 3 atom stereocenters. The van der Waals surface area contributed by atoms with Gasteiger partial charge in [-0.05, 0) is 13.3 Å². The van der Waals surface area contributed by atoms with Gasteiger partial charge in [0.2, 0.25) is 11.6 Å². The van der Waals surface area contributed by atoms with Crippen LogP contribution in [0.5, 0.6) is 0 Å². The highest BCUT2D eigenvalue weighted by atomic mass is 16.5. The molecule has 0 heterocycles. The van der Waals surface area contributed by atoms with E-state index in [1.165, 1.54) is 0 Å². The topological polar surface area (TPSA) is 43.4 Å². The van der Waals surface area contributed by atoms with Gasteiger partial charge in [-0.2, -0.15) is 0 Å². The van der Waals surface area contributed by atoms with E-state index in [1.807, 2.05) is 19.1 Å². The molecule has 1 saturated carbocycles. The maximum atomic E-state index is 11.4. The largest absolute Gasteiger partial charge is 0.377 e. The van der Waals surface area contributed by atoms with E-state index in [0.717, 1.165) is 0 Å². The Kier molecular flexibility index (Phi) is 2.04. The lowest BCUT2D eigenvalue weighted by Crippen LogP contribution is -2.46. The Bertz CT molecular complexity index is 280. The summed E-state index contributed by atoms with van der Waals surface area (Å²) in [6, 6.07) is 0. The lowest BCUT2D eigenvalue weighted by molar-refractivity contribution is -0.148. The van der Waals surface area contributed by atoms with Gasteiger partial charge in [0.1, 0.15) is 0 Å². The van der Waals surface area contributed by atoms with Crippen molar-refractivity contribution in [2.75, 3.05) is 6.61 Å². The molecule has 0 aromatic rings. The van der Waals surface area contributed by atoms with E-state index in [-0.39, 0.29) is 29.5 Å². The average molecular weight is 180 g/mol. The quantitative estimate of drug-likeness (QED) is 0.465. The maximum Gasteiger partial charge on any atom is 0.208 e. The summed E-state index contributed by atoms with van der Waals surface area (Å²) in [6.45, 7) is 2.50. The number of hydrogen-bond donors (Lipinski definition) is 0. The van der Waals surface area contributed by atoms with E-state index in [9.17, 15) is 9.59 Å². The van der Waals surface area contributed by atoms with Crippen molar-refractivity contribution < 1.29 is 14.3 Å². The number of ketones is 2. The van der Waals surface area contributed by atoms with Crippen LogP contribution in [0.2, 0.25) is 0 Å². The normalized spacial score (nSPS) is 37.2. The molecule has 0 aromatic heterocycles. The third kappa shape index (κ3) is 1.23. The molecule has 3 heteroatoms. The molecule has 1 fully saturated rings. The molecule has 2 bridgehead atoms. The molecule has 0 radical (unpaired) electrons. The standard InChI is InChI=1S/C10H12O3/c1-2-13-8-5-6-3-4-7(8)10(12)9(6)11/h3-4,6-8H,2,5H2,1H3/t6-,7+,8?/m1/s1. The lowest BCUT2D eigenvalue weighted by Gasteiger charge is -2.34. The van der Waals surface area contributed by atoms with Gasteiger partial charge in [0.15, 0.2) is 0 Å². The second-order valence-corrected chi connectivity index (χ2v) is 3.48. The molecule has 3 nitrogen and oxygen atoms in total. The van der Waals surface area contributed by atoms with Crippen LogP contribution < -0.4 is 0 Å². The summed E-state index contributed by atoms with van der Waals surface area (Å²) in [6.07, 6.45) is 4.27. The van der Waals surface area contributed by atoms with Gasteiger partial charge in [0.25, 0.3) is 0 Å². The number of Topliss-reactive ketones (excluding diaryl/α,β-unsaturated/α-hetero) is 2. The first kappa shape index (κ1) is 8.63. The molecule has 70 valence electrons. The van der Waals surface area contributed by atoms with Crippen molar-refractivity contribution in [3.8, 4) is 0 Å². The zero-order chi connectivity index (χ0) is 9.42. The number of allylic oxidation sites excluding steroid dienone is 1. The third-order valence-electron chi connectivity index (χ3n) is 2.70. The molecule has 0 saturated heterocycles. The molecule has 0 aromatic carbocycles. The minimum absolute atomic E-state index is 0.0646. The first-order valence-corrected chi connectivity index (χ1v) is 4.62. The summed E-state index contributed by atoms with van der Waals surface area (Å²) in [5.74, 6) is -1.02. The van der Waals surface area contributed by atoms with E-state index < -0.39 is 0 Å². The van der Waals surface area contributed by atoms with Crippen LogP contribution in [-0.2, 0) is 14.3 Å². The van der Waals surface area contributed by atoms with Crippen molar-refractivity contribution in [1.29, 1.82) is 0 Å². The molecule has 0 aliphatic heterocycles. The van der Waals surface area contributed by atoms with Gasteiger partial charge in [0, 0.05) is 12.5 Å². The fourth-order valence-corrected chi connectivity index (χ4v) is 2.04. The Hall–Kier alpha value is -0.960. The van der Waals surface area contributed by atoms with E-state index in [0.29, 0.717) is 13.0 Å². The van der Waals surface area contributed by atoms with Gasteiger partial charge in [0.05, 0.1) is 12.0 Å². The minimum Gasteiger partial charge on any atom is -0.377 e. The first-order chi connectivity index (χ1) is 6.24. The van der Waals surface area contributed by atoms with Crippen LogP contribution in [0.4, 0.5) is 0 Å². The van der Waals surface area contributed by atoms with Crippen LogP contribution in [0.1, 0.15) is 13.3 Å². The summed E-state index contributed by atoms with van der Waals surface area (Å²) >= 11 is 0. The van der Waals surface area contributed by atoms with E-state index in [2.05, 4.69) is 0 Å². The van der Waals surface area contributed by atoms with E-state index in [4.69, 9.17) is 4.74 Å². The molecule has 3 aliphatic rings. The van der Waals surface area contributed by atoms with Gasteiger partial charge in [-0.3, -0.25) is 9.59 Å². The second kappa shape index (κ2) is 3.07. The molecular formula is C10H12O3. The molecule has 1 unspecified atom stereocenters. The minimum atomic E-state index is -0.308. The molecular weight excluding hydrogens is 168 g/mol. The van der Waals surface area contributed by atoms with Gasteiger partial charge in [-0.1, -0.05) is 12.2 Å². The predicted molar refractivity (Wildman–Crippen MR) is 46.2 cm³/mol. The van der Waals surface area contributed by atoms with Crippen LogP contribution in [0.15, 0.2) is 12.2 Å². The summed E-state index contributed by atoms with van der Waals surface area (Å²) in [4.78, 5) is 22.7. The number of rotatable bonds is 2. The SMILES string of the molecule is CCOC1C[C@H]2C=C[C@@H]1C(=O)C2=O. The van der Waals surface area contributed by atoms with E-state index >= 15 is 0 Å².